The molecule has 2 heterocycles. The first-order valence-electron chi connectivity index (χ1n) is 9.92. The average molecular weight is 386 g/mol. The monoisotopic (exact) mass is 385 g/mol. The van der Waals surface area contributed by atoms with Gasteiger partial charge in [0.25, 0.3) is 0 Å². The maximum absolute atomic E-state index is 12.8. The Kier molecular flexibility index (Phi) is 6.70. The van der Waals surface area contributed by atoms with Gasteiger partial charge in [-0.25, -0.2) is 4.68 Å². The van der Waals surface area contributed by atoms with Crippen LogP contribution in [0.2, 0.25) is 0 Å². The van der Waals surface area contributed by atoms with Crippen molar-refractivity contribution in [1.29, 1.82) is 0 Å². The van der Waals surface area contributed by atoms with Crippen LogP contribution in [0.15, 0.2) is 36.5 Å². The third-order valence-electron chi connectivity index (χ3n) is 5.21. The fraction of sp³-hybridized carbons (Fsp3) is 0.524. The first-order valence-corrected chi connectivity index (χ1v) is 9.92. The minimum absolute atomic E-state index is 0.0336. The second kappa shape index (κ2) is 9.21. The number of anilines is 2. The molecule has 1 aromatic heterocycles. The van der Waals surface area contributed by atoms with E-state index in [0.717, 1.165) is 32.1 Å². The zero-order valence-corrected chi connectivity index (χ0v) is 17.3. The summed E-state index contributed by atoms with van der Waals surface area (Å²) >= 11 is 0. The summed E-state index contributed by atoms with van der Waals surface area (Å²) in [5.41, 5.74) is 2.45. The van der Waals surface area contributed by atoms with Gasteiger partial charge in [-0.05, 0) is 39.4 Å². The highest BCUT2D eigenvalue weighted by Crippen LogP contribution is 2.23. The van der Waals surface area contributed by atoms with Crippen molar-refractivity contribution < 1.29 is 9.53 Å². The lowest BCUT2D eigenvalue weighted by molar-refractivity contribution is -0.120. The smallest absolute Gasteiger partial charge is 0.242 e. The van der Waals surface area contributed by atoms with Gasteiger partial charge in [0.1, 0.15) is 5.82 Å². The van der Waals surface area contributed by atoms with Gasteiger partial charge < -0.3 is 15.0 Å². The third-order valence-corrected chi connectivity index (χ3v) is 5.21. The maximum Gasteiger partial charge on any atom is 0.242 e. The van der Waals surface area contributed by atoms with Crippen molar-refractivity contribution >= 4 is 17.4 Å². The summed E-state index contributed by atoms with van der Waals surface area (Å²) in [5.74, 6) is 0.697. The Labute approximate surface area is 167 Å². The molecule has 1 N–H and O–H groups in total. The molecule has 0 aliphatic carbocycles. The minimum atomic E-state index is -0.270. The molecule has 1 aliphatic rings. The number of rotatable bonds is 7. The van der Waals surface area contributed by atoms with Crippen molar-refractivity contribution in [2.24, 2.45) is 0 Å². The number of carbonyl (C=O) groups is 1. The number of aromatic nitrogens is 2. The van der Waals surface area contributed by atoms with Crippen LogP contribution in [-0.4, -0.2) is 60.0 Å². The number of hydrogen-bond acceptors (Lipinski definition) is 5. The van der Waals surface area contributed by atoms with Crippen LogP contribution < -0.4 is 10.2 Å². The third kappa shape index (κ3) is 4.72. The van der Waals surface area contributed by atoms with E-state index in [0.29, 0.717) is 6.54 Å². The van der Waals surface area contributed by atoms with Crippen molar-refractivity contribution in [2.45, 2.75) is 39.4 Å². The van der Waals surface area contributed by atoms with Crippen LogP contribution in [0.4, 0.5) is 11.5 Å². The summed E-state index contributed by atoms with van der Waals surface area (Å²) in [6, 6.07) is 10.2. The molecule has 0 spiro atoms. The number of likely N-dealkylation sites (N-methyl/N-ethyl adjacent to an activating group) is 1. The topological polar surface area (TPSA) is 62.6 Å². The Morgan fingerprint density at radius 3 is 2.64 bits per heavy atom. The highest BCUT2D eigenvalue weighted by molar-refractivity contribution is 5.93. The molecule has 1 amide bonds. The molecule has 1 atom stereocenters. The van der Waals surface area contributed by atoms with E-state index < -0.39 is 0 Å². The van der Waals surface area contributed by atoms with Gasteiger partial charge in [-0.1, -0.05) is 18.2 Å². The standard InChI is InChI=1S/C21H31N5O2/c1-16(2)26-20(9-10-22-26)23-21(27)17(3)24(4)15-18-7-5-6-8-19(18)25-11-13-28-14-12-25/h5-10,16-17H,11-15H2,1-4H3,(H,23,27)/t17-/m1/s1. The van der Waals surface area contributed by atoms with Crippen LogP contribution in [-0.2, 0) is 16.1 Å². The second-order valence-corrected chi connectivity index (χ2v) is 7.56. The number of morpholine rings is 1. The maximum atomic E-state index is 12.8. The lowest BCUT2D eigenvalue weighted by atomic mass is 10.1. The van der Waals surface area contributed by atoms with E-state index in [1.54, 1.807) is 6.20 Å². The van der Waals surface area contributed by atoms with E-state index in [9.17, 15) is 4.79 Å². The van der Waals surface area contributed by atoms with Gasteiger partial charge in [-0.2, -0.15) is 5.10 Å². The molecule has 1 fully saturated rings. The molecule has 1 saturated heterocycles. The van der Waals surface area contributed by atoms with Crippen molar-refractivity contribution in [2.75, 3.05) is 43.6 Å². The average Bonchev–Trinajstić information content (AvgIpc) is 3.17. The number of hydrogen-bond donors (Lipinski definition) is 1. The number of ether oxygens (including phenoxy) is 1. The highest BCUT2D eigenvalue weighted by Gasteiger charge is 2.22. The minimum Gasteiger partial charge on any atom is -0.378 e. The van der Waals surface area contributed by atoms with Crippen LogP contribution >= 0.6 is 0 Å². The van der Waals surface area contributed by atoms with Crippen LogP contribution in [0.5, 0.6) is 0 Å². The van der Waals surface area contributed by atoms with Gasteiger partial charge in [0.15, 0.2) is 0 Å². The van der Waals surface area contributed by atoms with E-state index >= 15 is 0 Å². The van der Waals surface area contributed by atoms with Crippen molar-refractivity contribution in [1.82, 2.24) is 14.7 Å². The number of benzene rings is 1. The van der Waals surface area contributed by atoms with Gasteiger partial charge in [0.2, 0.25) is 5.91 Å². The van der Waals surface area contributed by atoms with Crippen molar-refractivity contribution in [3.63, 3.8) is 0 Å². The van der Waals surface area contributed by atoms with Gasteiger partial charge in [-0.15, -0.1) is 0 Å². The summed E-state index contributed by atoms with van der Waals surface area (Å²) in [6.07, 6.45) is 1.71. The van der Waals surface area contributed by atoms with Crippen molar-refractivity contribution in [3.8, 4) is 0 Å². The molecule has 3 rings (SSSR count). The fourth-order valence-corrected chi connectivity index (χ4v) is 3.42. The van der Waals surface area contributed by atoms with Gasteiger partial charge in [-0.3, -0.25) is 9.69 Å². The SMILES string of the molecule is CC(C)n1nccc1NC(=O)[C@@H](C)N(C)Cc1ccccc1N1CCOCC1. The summed E-state index contributed by atoms with van der Waals surface area (Å²) in [7, 11) is 1.99. The molecule has 0 unspecified atom stereocenters. The fourth-order valence-electron chi connectivity index (χ4n) is 3.42. The zero-order chi connectivity index (χ0) is 20.1. The predicted molar refractivity (Wildman–Crippen MR) is 112 cm³/mol. The molecule has 0 bridgehead atoms. The highest BCUT2D eigenvalue weighted by atomic mass is 16.5. The van der Waals surface area contributed by atoms with Crippen LogP contribution in [0.3, 0.4) is 0 Å². The Hall–Kier alpha value is -2.38. The lowest BCUT2D eigenvalue weighted by Crippen LogP contribution is -2.40. The van der Waals surface area contributed by atoms with E-state index in [2.05, 4.69) is 44.5 Å². The lowest BCUT2D eigenvalue weighted by Gasteiger charge is -2.32. The molecule has 0 radical (unpaired) electrons. The molecule has 1 aromatic carbocycles. The quantitative estimate of drug-likeness (QED) is 0.794. The Morgan fingerprint density at radius 2 is 1.93 bits per heavy atom. The Balaban J connectivity index is 1.66. The van der Waals surface area contributed by atoms with Gasteiger partial charge in [0.05, 0.1) is 25.5 Å². The normalized spacial score (nSPS) is 15.9. The van der Waals surface area contributed by atoms with Gasteiger partial charge >= 0.3 is 0 Å². The molecule has 28 heavy (non-hydrogen) atoms. The summed E-state index contributed by atoms with van der Waals surface area (Å²) in [4.78, 5) is 17.2. The first-order chi connectivity index (χ1) is 13.5. The molecule has 2 aromatic rings. The number of amides is 1. The zero-order valence-electron chi connectivity index (χ0n) is 17.3. The summed E-state index contributed by atoms with van der Waals surface area (Å²) < 4.78 is 7.29. The molecular formula is C21H31N5O2. The molecule has 7 heteroatoms. The van der Waals surface area contributed by atoms with E-state index in [4.69, 9.17) is 4.74 Å². The largest absolute Gasteiger partial charge is 0.378 e. The van der Waals surface area contributed by atoms with Crippen LogP contribution in [0.1, 0.15) is 32.4 Å². The number of para-hydroxylation sites is 1. The molecule has 1 aliphatic heterocycles. The van der Waals surface area contributed by atoms with Crippen LogP contribution in [0, 0.1) is 0 Å². The van der Waals surface area contributed by atoms with E-state index in [-0.39, 0.29) is 18.0 Å². The molecule has 0 saturated carbocycles. The number of nitrogens with one attached hydrogen (secondary N) is 1. The van der Waals surface area contributed by atoms with Crippen molar-refractivity contribution in [3.05, 3.63) is 42.1 Å². The summed E-state index contributed by atoms with van der Waals surface area (Å²) in [6.45, 7) is 10.0. The number of carbonyl (C=O) groups excluding carboxylic acids is 1. The predicted octanol–water partition coefficient (Wildman–Crippen LogP) is 2.76. The molecular weight excluding hydrogens is 354 g/mol. The Morgan fingerprint density at radius 1 is 1.21 bits per heavy atom. The summed E-state index contributed by atoms with van der Waals surface area (Å²) in [5, 5.41) is 7.29. The van der Waals surface area contributed by atoms with Gasteiger partial charge in [0, 0.05) is 37.4 Å². The van der Waals surface area contributed by atoms with Crippen LogP contribution in [0.25, 0.3) is 0 Å². The number of nitrogens with zero attached hydrogens (tertiary/aromatic N) is 4. The molecule has 152 valence electrons. The van der Waals surface area contributed by atoms with E-state index in [1.165, 1.54) is 11.3 Å². The first kappa shape index (κ1) is 20.4. The molecule has 7 nitrogen and oxygen atoms in total. The van der Waals surface area contributed by atoms with E-state index in [1.807, 2.05) is 38.6 Å². The second-order valence-electron chi connectivity index (χ2n) is 7.56. The Bertz CT molecular complexity index is 783.